The molecule has 0 spiro atoms. The number of hydrogen-bond donors (Lipinski definition) is 3. The Kier molecular flexibility index (Phi) is 20.6. The molecule has 3 aromatic carbocycles. The molecule has 4 N–H and O–H groups in total. The van der Waals surface area contributed by atoms with Crippen molar-refractivity contribution in [3.63, 3.8) is 0 Å². The lowest BCUT2D eigenvalue weighted by Gasteiger charge is -2.35. The van der Waals surface area contributed by atoms with E-state index >= 15 is 0 Å². The third-order valence-corrected chi connectivity index (χ3v) is 16.8. The van der Waals surface area contributed by atoms with Crippen LogP contribution in [0, 0.1) is 34.0 Å². The molecular weight excluding hydrogens is 979 g/mol. The van der Waals surface area contributed by atoms with E-state index in [4.69, 9.17) is 44.2 Å². The van der Waals surface area contributed by atoms with Crippen LogP contribution in [0.3, 0.4) is 0 Å². The Labute approximate surface area is 432 Å². The van der Waals surface area contributed by atoms with E-state index in [-0.39, 0.29) is 59.4 Å². The molecule has 0 radical (unpaired) electrons. The number of amides is 1. The molecule has 4 heterocycles. The Hall–Kier alpha value is -4.72. The number of rotatable bonds is 24. The van der Waals surface area contributed by atoms with Gasteiger partial charge >= 0.3 is 6.09 Å². The number of ether oxygens (including phenoxy) is 7. The molecule has 0 bridgehead atoms. The van der Waals surface area contributed by atoms with Crippen molar-refractivity contribution in [3.8, 4) is 29.1 Å². The normalized spacial score (nSPS) is 19.4. The standard InChI is InChI=1S/C33H43N3O9S.C20H34N2O4S/c1-33(2,13-6-7-14-34)22-36(46(39,40)24-10-11-28-29(19-24)42-17-16-41-28)20-27(37)26(18-23-8-4-3-5-9-23)35-32(38)45-30-21-44-31-25(30)12-15-43-31;1-16(2)14-22(15-20(3,4)9-5-6-10-21)27(23,24)17-7-8-18-19(13-17)26-12-11-25-18/h3-5,8-11,19,25-27,30-31,37H,6-7,12-13,15-18,20-22H2,1-2H3,(H,35,38);7-8,13,16H,5-6,9-12,14-15,21H2,1-4H3/t25-,26-,27+,30-,31+;/m0./s1. The number of benzene rings is 3. The van der Waals surface area contributed by atoms with E-state index in [2.05, 4.69) is 25.2 Å². The van der Waals surface area contributed by atoms with Crippen molar-refractivity contribution < 1.29 is 59.9 Å². The molecule has 0 aliphatic carbocycles. The van der Waals surface area contributed by atoms with Gasteiger partial charge in [0, 0.05) is 44.7 Å². The van der Waals surface area contributed by atoms with Crippen molar-refractivity contribution in [1.29, 1.82) is 5.26 Å². The van der Waals surface area contributed by atoms with Gasteiger partial charge in [0.25, 0.3) is 0 Å². The number of fused-ring (bicyclic) bond motifs is 3. The summed E-state index contributed by atoms with van der Waals surface area (Å²) >= 11 is 0. The molecule has 5 atom stereocenters. The summed E-state index contributed by atoms with van der Waals surface area (Å²) in [5.41, 5.74) is 5.80. The predicted octanol–water partition coefficient (Wildman–Crippen LogP) is 6.89. The molecular formula is C53H77N5O13S2. The molecule has 18 nitrogen and oxygen atoms in total. The zero-order valence-corrected chi connectivity index (χ0v) is 45.0. The number of aliphatic hydroxyl groups is 1. The maximum Gasteiger partial charge on any atom is 0.407 e. The van der Waals surface area contributed by atoms with Crippen LogP contribution in [0.15, 0.2) is 76.5 Å². The molecule has 4 aliphatic heterocycles. The molecule has 20 heteroatoms. The molecule has 404 valence electrons. The number of nitriles is 1. The van der Waals surface area contributed by atoms with Gasteiger partial charge in [-0.15, -0.1) is 0 Å². The average Bonchev–Trinajstić information content (AvgIpc) is 3.98. The minimum absolute atomic E-state index is 0.00155. The Balaban J connectivity index is 0.000000274. The van der Waals surface area contributed by atoms with E-state index in [9.17, 15) is 26.7 Å². The summed E-state index contributed by atoms with van der Waals surface area (Å²) in [6.45, 7) is 15.9. The van der Waals surface area contributed by atoms with Gasteiger partial charge in [-0.1, -0.05) is 78.3 Å². The highest BCUT2D eigenvalue weighted by molar-refractivity contribution is 7.89. The van der Waals surface area contributed by atoms with Crippen LogP contribution in [0.5, 0.6) is 23.0 Å². The van der Waals surface area contributed by atoms with Crippen molar-refractivity contribution in [3.05, 3.63) is 72.3 Å². The summed E-state index contributed by atoms with van der Waals surface area (Å²) in [6.07, 6.45) is 2.50. The minimum atomic E-state index is -4.16. The molecule has 0 aromatic heterocycles. The van der Waals surface area contributed by atoms with Gasteiger partial charge in [-0.3, -0.25) is 0 Å². The van der Waals surface area contributed by atoms with E-state index in [0.717, 1.165) is 31.2 Å². The molecule has 4 aliphatic rings. The summed E-state index contributed by atoms with van der Waals surface area (Å²) in [7, 11) is -7.78. The Morgan fingerprint density at radius 3 is 1.88 bits per heavy atom. The fourth-order valence-electron chi connectivity index (χ4n) is 9.43. The molecule has 7 rings (SSSR count). The lowest BCUT2D eigenvalue weighted by atomic mass is 9.87. The zero-order chi connectivity index (χ0) is 52.8. The number of nitrogens with two attached hydrogens (primary N) is 1. The van der Waals surface area contributed by atoms with E-state index < -0.39 is 49.8 Å². The van der Waals surface area contributed by atoms with Gasteiger partial charge in [-0.2, -0.15) is 13.9 Å². The summed E-state index contributed by atoms with van der Waals surface area (Å²) in [6, 6.07) is 19.9. The smallest absolute Gasteiger partial charge is 0.407 e. The van der Waals surface area contributed by atoms with Gasteiger partial charge in [0.1, 0.15) is 32.5 Å². The highest BCUT2D eigenvalue weighted by atomic mass is 32.2. The molecule has 1 amide bonds. The number of alkyl carbamates (subject to hydrolysis) is 1. The van der Waals surface area contributed by atoms with E-state index in [1.165, 1.54) is 16.4 Å². The zero-order valence-electron chi connectivity index (χ0n) is 43.3. The molecule has 2 saturated heterocycles. The highest BCUT2D eigenvalue weighted by Crippen LogP contribution is 2.37. The van der Waals surface area contributed by atoms with Crippen LogP contribution < -0.4 is 30.0 Å². The van der Waals surface area contributed by atoms with Gasteiger partial charge in [-0.05, 0) is 91.6 Å². The number of sulfonamides is 2. The maximum atomic E-state index is 14.2. The first-order valence-corrected chi connectivity index (χ1v) is 28.4. The monoisotopic (exact) mass is 1060 g/mol. The van der Waals surface area contributed by atoms with Crippen molar-refractivity contribution >= 4 is 26.1 Å². The molecule has 0 unspecified atom stereocenters. The van der Waals surface area contributed by atoms with Crippen molar-refractivity contribution in [2.24, 2.45) is 28.4 Å². The summed E-state index contributed by atoms with van der Waals surface area (Å²) in [4.78, 5) is 13.4. The second kappa shape index (κ2) is 26.2. The number of carbonyl (C=O) groups is 1. The van der Waals surface area contributed by atoms with Crippen LogP contribution >= 0.6 is 0 Å². The number of nitrogens with zero attached hydrogens (tertiary/aromatic N) is 3. The van der Waals surface area contributed by atoms with Crippen LogP contribution in [0.25, 0.3) is 0 Å². The second-order valence-corrected chi connectivity index (χ2v) is 25.0. The van der Waals surface area contributed by atoms with Crippen LogP contribution in [0.4, 0.5) is 4.79 Å². The van der Waals surface area contributed by atoms with Gasteiger partial charge in [0.15, 0.2) is 29.3 Å². The summed E-state index contributed by atoms with van der Waals surface area (Å²) in [5, 5.41) is 23.6. The van der Waals surface area contributed by atoms with E-state index in [1.54, 1.807) is 28.6 Å². The van der Waals surface area contributed by atoms with E-state index in [1.807, 2.05) is 58.0 Å². The Morgan fingerprint density at radius 2 is 1.33 bits per heavy atom. The van der Waals surface area contributed by atoms with Gasteiger partial charge in [0.2, 0.25) is 20.0 Å². The molecule has 0 saturated carbocycles. The first-order valence-electron chi connectivity index (χ1n) is 25.5. The quantitative estimate of drug-likeness (QED) is 0.0775. The van der Waals surface area contributed by atoms with Crippen LogP contribution in [-0.4, -0.2) is 134 Å². The fourth-order valence-corrected chi connectivity index (χ4v) is 12.9. The molecule has 3 aromatic rings. The summed E-state index contributed by atoms with van der Waals surface area (Å²) < 4.78 is 97.2. The Morgan fingerprint density at radius 1 is 0.781 bits per heavy atom. The third kappa shape index (κ3) is 16.4. The maximum absolute atomic E-state index is 14.2. The van der Waals surface area contributed by atoms with Crippen molar-refractivity contribution in [2.45, 2.75) is 127 Å². The first kappa shape index (κ1) is 57.6. The first-order chi connectivity index (χ1) is 34.7. The SMILES string of the molecule is CC(C)(CCCC#N)CN(C[C@@H](O)[C@H](Cc1ccccc1)NC(=O)O[C@H]1CO[C@H]2OCC[C@H]21)S(=O)(=O)c1ccc2c(c1)OCCO2.CC(C)CN(CC(C)(C)CCCCN)S(=O)(=O)c1ccc2c(c1)OCCO2. The van der Waals surface area contributed by atoms with Crippen molar-refractivity contribution in [1.82, 2.24) is 13.9 Å². The topological polar surface area (TPSA) is 239 Å². The fraction of sp³-hybridized carbons (Fsp3) is 0.623. The van der Waals surface area contributed by atoms with Crippen LogP contribution in [0.2, 0.25) is 0 Å². The highest BCUT2D eigenvalue weighted by Gasteiger charge is 2.44. The van der Waals surface area contributed by atoms with E-state index in [0.29, 0.717) is 94.9 Å². The summed E-state index contributed by atoms with van der Waals surface area (Å²) in [5.74, 6) is 2.06. The number of nitrogens with one attached hydrogen (secondary N) is 1. The van der Waals surface area contributed by atoms with Gasteiger partial charge in [-0.25, -0.2) is 21.6 Å². The number of unbranched alkanes of at least 4 members (excludes halogenated alkanes) is 2. The third-order valence-electron chi connectivity index (χ3n) is 13.2. The number of carbonyl (C=O) groups excluding carboxylic acids is 1. The van der Waals surface area contributed by atoms with Crippen LogP contribution in [0.1, 0.15) is 92.1 Å². The lowest BCUT2D eigenvalue weighted by Crippen LogP contribution is -2.52. The molecule has 2 fully saturated rings. The number of aliphatic hydroxyl groups excluding tert-OH is 1. The second-order valence-electron chi connectivity index (χ2n) is 21.2. The number of hydrogen-bond acceptors (Lipinski definition) is 15. The largest absolute Gasteiger partial charge is 0.486 e. The van der Waals surface area contributed by atoms with Gasteiger partial charge < -0.3 is 49.3 Å². The predicted molar refractivity (Wildman–Crippen MR) is 274 cm³/mol. The van der Waals surface area contributed by atoms with Crippen LogP contribution in [-0.2, 0) is 40.7 Å². The van der Waals surface area contributed by atoms with Crippen molar-refractivity contribution in [2.75, 3.05) is 72.4 Å². The minimum Gasteiger partial charge on any atom is -0.486 e. The molecule has 73 heavy (non-hydrogen) atoms. The van der Waals surface area contributed by atoms with Gasteiger partial charge in [0.05, 0.1) is 47.1 Å². The lowest BCUT2D eigenvalue weighted by molar-refractivity contribution is -0.0907. The Bertz CT molecular complexity index is 2520. The average molecular weight is 1060 g/mol.